The summed E-state index contributed by atoms with van der Waals surface area (Å²) >= 11 is 0. The fraction of sp³-hybridized carbons (Fsp3) is 0.500. The Balaban J connectivity index is 2.02. The van der Waals surface area contributed by atoms with Gasteiger partial charge in [-0.25, -0.2) is 13.1 Å². The number of rotatable bonds is 6. The number of carbonyl (C=O) groups excluding carboxylic acids is 1. The number of nitrogens with one attached hydrogen (secondary N) is 1. The van der Waals surface area contributed by atoms with E-state index in [1.165, 1.54) is 0 Å². The topological polar surface area (TPSA) is 92.7 Å². The minimum Gasteiger partial charge on any atom is -0.466 e. The Bertz CT molecular complexity index is 614. The number of hydrogen-bond acceptors (Lipinski definition) is 5. The fourth-order valence-corrected chi connectivity index (χ4v) is 3.64. The first-order valence-corrected chi connectivity index (χ1v) is 8.49. The number of ether oxygens (including phenoxy) is 1. The standard InChI is InChI=1S/C14H19NO5S/c1-2-20-13(17)7-8-21(18,19)15-14-11-6-4-3-5-10(11)9-12(14)16/h3-6,12,14-16H,2,7-9H2,1H3. The van der Waals surface area contributed by atoms with Crippen LogP contribution in [0.1, 0.15) is 30.5 Å². The molecule has 0 bridgehead atoms. The van der Waals surface area contributed by atoms with E-state index in [2.05, 4.69) is 4.72 Å². The van der Waals surface area contributed by atoms with Crippen LogP contribution in [-0.4, -0.2) is 38.0 Å². The smallest absolute Gasteiger partial charge is 0.306 e. The summed E-state index contributed by atoms with van der Waals surface area (Å²) in [6.07, 6.45) is -0.575. The van der Waals surface area contributed by atoms with Gasteiger partial charge in [0.2, 0.25) is 10.0 Å². The summed E-state index contributed by atoms with van der Waals surface area (Å²) in [5, 5.41) is 10.0. The van der Waals surface area contributed by atoms with Crippen LogP contribution in [-0.2, 0) is 26.0 Å². The van der Waals surface area contributed by atoms with Gasteiger partial charge in [0.05, 0.1) is 30.9 Å². The lowest BCUT2D eigenvalue weighted by atomic mass is 10.1. The Kier molecular flexibility index (Phi) is 4.97. The van der Waals surface area contributed by atoms with E-state index in [1.54, 1.807) is 19.1 Å². The third-order valence-corrected chi connectivity index (χ3v) is 4.75. The molecule has 1 aliphatic carbocycles. The average Bonchev–Trinajstić information content (AvgIpc) is 2.73. The summed E-state index contributed by atoms with van der Waals surface area (Å²) in [6, 6.07) is 6.66. The molecule has 1 aromatic carbocycles. The molecule has 0 radical (unpaired) electrons. The van der Waals surface area contributed by atoms with Gasteiger partial charge in [-0.1, -0.05) is 24.3 Å². The van der Waals surface area contributed by atoms with Gasteiger partial charge in [0, 0.05) is 6.42 Å². The molecule has 0 saturated carbocycles. The van der Waals surface area contributed by atoms with Crippen LogP contribution >= 0.6 is 0 Å². The molecule has 2 atom stereocenters. The van der Waals surface area contributed by atoms with E-state index in [9.17, 15) is 18.3 Å². The van der Waals surface area contributed by atoms with Crippen LogP contribution in [0.3, 0.4) is 0 Å². The third-order valence-electron chi connectivity index (χ3n) is 3.39. The zero-order valence-corrected chi connectivity index (χ0v) is 12.6. The molecule has 0 spiro atoms. The van der Waals surface area contributed by atoms with Crippen LogP contribution < -0.4 is 4.72 Å². The highest BCUT2D eigenvalue weighted by Crippen LogP contribution is 2.31. The summed E-state index contributed by atoms with van der Waals surface area (Å²) in [5.41, 5.74) is 1.72. The third kappa shape index (κ3) is 4.03. The van der Waals surface area contributed by atoms with Gasteiger partial charge in [0.1, 0.15) is 0 Å². The number of carbonyl (C=O) groups is 1. The number of fused-ring (bicyclic) bond motifs is 1. The second-order valence-electron chi connectivity index (χ2n) is 4.94. The second kappa shape index (κ2) is 6.55. The minimum atomic E-state index is -3.66. The number of aliphatic hydroxyl groups is 1. The summed E-state index contributed by atoms with van der Waals surface area (Å²) < 4.78 is 31.2. The second-order valence-corrected chi connectivity index (χ2v) is 6.81. The van der Waals surface area contributed by atoms with E-state index >= 15 is 0 Å². The first-order chi connectivity index (χ1) is 9.93. The van der Waals surface area contributed by atoms with Crippen molar-refractivity contribution in [2.45, 2.75) is 31.9 Å². The largest absolute Gasteiger partial charge is 0.466 e. The maximum absolute atomic E-state index is 12.0. The van der Waals surface area contributed by atoms with E-state index in [1.807, 2.05) is 12.1 Å². The fourth-order valence-electron chi connectivity index (χ4n) is 2.42. The molecule has 2 N–H and O–H groups in total. The van der Waals surface area contributed by atoms with Crippen molar-refractivity contribution in [3.8, 4) is 0 Å². The van der Waals surface area contributed by atoms with E-state index in [0.29, 0.717) is 6.42 Å². The van der Waals surface area contributed by atoms with Gasteiger partial charge < -0.3 is 9.84 Å². The maximum Gasteiger partial charge on any atom is 0.306 e. The molecule has 0 fully saturated rings. The summed E-state index contributed by atoms with van der Waals surface area (Å²) in [5.74, 6) is -0.896. The molecule has 2 rings (SSSR count). The number of hydrogen-bond donors (Lipinski definition) is 2. The van der Waals surface area contributed by atoms with Crippen LogP contribution in [0.5, 0.6) is 0 Å². The van der Waals surface area contributed by atoms with Crippen LogP contribution in [0.4, 0.5) is 0 Å². The Morgan fingerprint density at radius 3 is 2.86 bits per heavy atom. The van der Waals surface area contributed by atoms with E-state index < -0.39 is 28.1 Å². The highest BCUT2D eigenvalue weighted by atomic mass is 32.2. The van der Waals surface area contributed by atoms with Crippen molar-refractivity contribution < 1.29 is 23.1 Å². The predicted molar refractivity (Wildman–Crippen MR) is 77.1 cm³/mol. The van der Waals surface area contributed by atoms with E-state index in [4.69, 9.17) is 4.74 Å². The van der Waals surface area contributed by atoms with Gasteiger partial charge in [-0.3, -0.25) is 4.79 Å². The summed E-state index contributed by atoms with van der Waals surface area (Å²) in [6.45, 7) is 1.89. The van der Waals surface area contributed by atoms with Crippen molar-refractivity contribution in [1.82, 2.24) is 4.72 Å². The monoisotopic (exact) mass is 313 g/mol. The van der Waals surface area contributed by atoms with Crippen LogP contribution in [0.25, 0.3) is 0 Å². The Labute approximate surface area is 124 Å². The van der Waals surface area contributed by atoms with Crippen LogP contribution in [0, 0.1) is 0 Å². The quantitative estimate of drug-likeness (QED) is 0.747. The van der Waals surface area contributed by atoms with Gasteiger partial charge in [-0.05, 0) is 18.1 Å². The van der Waals surface area contributed by atoms with Gasteiger partial charge in [-0.2, -0.15) is 0 Å². The number of esters is 1. The molecule has 2 unspecified atom stereocenters. The average molecular weight is 313 g/mol. The Morgan fingerprint density at radius 1 is 1.43 bits per heavy atom. The van der Waals surface area contributed by atoms with Gasteiger partial charge in [-0.15, -0.1) is 0 Å². The number of aliphatic hydroxyl groups excluding tert-OH is 1. The highest BCUT2D eigenvalue weighted by Gasteiger charge is 2.33. The first kappa shape index (κ1) is 15.9. The van der Waals surface area contributed by atoms with Gasteiger partial charge in [0.25, 0.3) is 0 Å². The molecule has 7 heteroatoms. The highest BCUT2D eigenvalue weighted by molar-refractivity contribution is 7.89. The number of sulfonamides is 1. The normalized spacial score (nSPS) is 21.0. The van der Waals surface area contributed by atoms with Crippen LogP contribution in [0.2, 0.25) is 0 Å². The zero-order valence-electron chi connectivity index (χ0n) is 11.8. The predicted octanol–water partition coefficient (Wildman–Crippen LogP) is 0.517. The molecule has 0 saturated heterocycles. The molecule has 6 nitrogen and oxygen atoms in total. The summed E-state index contributed by atoms with van der Waals surface area (Å²) in [7, 11) is -3.66. The van der Waals surface area contributed by atoms with Crippen molar-refractivity contribution >= 4 is 16.0 Å². The molecular weight excluding hydrogens is 294 g/mol. The Morgan fingerprint density at radius 2 is 2.14 bits per heavy atom. The first-order valence-electron chi connectivity index (χ1n) is 6.84. The lowest BCUT2D eigenvalue weighted by Gasteiger charge is -2.17. The molecule has 1 aromatic rings. The van der Waals surface area contributed by atoms with Crippen molar-refractivity contribution in [3.63, 3.8) is 0 Å². The molecule has 0 aliphatic heterocycles. The van der Waals surface area contributed by atoms with E-state index in [-0.39, 0.29) is 18.8 Å². The lowest BCUT2D eigenvalue weighted by molar-refractivity contribution is -0.142. The maximum atomic E-state index is 12.0. The van der Waals surface area contributed by atoms with Crippen molar-refractivity contribution in [2.24, 2.45) is 0 Å². The van der Waals surface area contributed by atoms with E-state index in [0.717, 1.165) is 11.1 Å². The van der Waals surface area contributed by atoms with Crippen LogP contribution in [0.15, 0.2) is 24.3 Å². The molecular formula is C14H19NO5S. The van der Waals surface area contributed by atoms with Crippen molar-refractivity contribution in [3.05, 3.63) is 35.4 Å². The molecule has 1 aliphatic rings. The molecule has 0 amide bonds. The minimum absolute atomic E-state index is 0.201. The van der Waals surface area contributed by atoms with Crippen molar-refractivity contribution in [2.75, 3.05) is 12.4 Å². The molecule has 0 aromatic heterocycles. The van der Waals surface area contributed by atoms with Crippen molar-refractivity contribution in [1.29, 1.82) is 0 Å². The van der Waals surface area contributed by atoms with Gasteiger partial charge >= 0.3 is 5.97 Å². The molecule has 21 heavy (non-hydrogen) atoms. The zero-order chi connectivity index (χ0) is 15.5. The number of benzene rings is 1. The lowest BCUT2D eigenvalue weighted by Crippen LogP contribution is -2.35. The molecule has 0 heterocycles. The SMILES string of the molecule is CCOC(=O)CCS(=O)(=O)NC1c2ccccc2CC1O. The Hall–Kier alpha value is -1.44. The molecule has 116 valence electrons. The summed E-state index contributed by atoms with van der Waals surface area (Å²) in [4.78, 5) is 11.2. The van der Waals surface area contributed by atoms with Gasteiger partial charge in [0.15, 0.2) is 0 Å².